The van der Waals surface area contributed by atoms with E-state index in [0.29, 0.717) is 4.47 Å². The van der Waals surface area contributed by atoms with Crippen LogP contribution < -0.4 is 0 Å². The summed E-state index contributed by atoms with van der Waals surface area (Å²) >= 11 is 4.63. The molecule has 0 atom stereocenters. The van der Waals surface area contributed by atoms with Crippen LogP contribution in [0.1, 0.15) is 15.2 Å². The zero-order chi connectivity index (χ0) is 14.1. The highest BCUT2D eigenvalue weighted by molar-refractivity contribution is 9.10. The van der Waals surface area contributed by atoms with E-state index in [1.54, 1.807) is 12.1 Å². The molecule has 0 aliphatic rings. The normalized spacial score (nSPS) is 10.9. The Morgan fingerprint density at radius 1 is 1.15 bits per heavy atom. The van der Waals surface area contributed by atoms with E-state index in [9.17, 15) is 9.18 Å². The molecule has 0 N–H and O–H groups in total. The van der Waals surface area contributed by atoms with Crippen molar-refractivity contribution in [3.63, 3.8) is 0 Å². The number of hydrogen-bond donors (Lipinski definition) is 0. The van der Waals surface area contributed by atoms with E-state index in [4.69, 9.17) is 0 Å². The maximum absolute atomic E-state index is 13.2. The minimum Gasteiger partial charge on any atom is -0.293 e. The minimum absolute atomic E-state index is 0.0599. The third-order valence-corrected chi connectivity index (χ3v) is 4.81. The Morgan fingerprint density at radius 3 is 2.70 bits per heavy atom. The summed E-state index contributed by atoms with van der Waals surface area (Å²) in [5.41, 5.74) is 0.806. The van der Waals surface area contributed by atoms with Crippen LogP contribution in [0, 0.1) is 5.82 Å². The molecule has 1 nitrogen and oxygen atoms in total. The number of halogens is 2. The van der Waals surface area contributed by atoms with Crippen LogP contribution in [0.15, 0.2) is 53.0 Å². The van der Waals surface area contributed by atoms with Gasteiger partial charge in [0, 0.05) is 11.1 Å². The molecule has 0 aliphatic heterocycles. The van der Waals surface area contributed by atoms with Gasteiger partial charge < -0.3 is 0 Å². The van der Waals surface area contributed by atoms with Gasteiger partial charge in [0.1, 0.15) is 5.82 Å². The summed E-state index contributed by atoms with van der Waals surface area (Å²) in [6.07, 6.45) is 0.283. The summed E-state index contributed by atoms with van der Waals surface area (Å²) in [6, 6.07) is 14.5. The molecule has 3 rings (SSSR count). The first-order valence-electron chi connectivity index (χ1n) is 6.09. The fourth-order valence-electron chi connectivity index (χ4n) is 2.04. The van der Waals surface area contributed by atoms with Crippen molar-refractivity contribution < 1.29 is 9.18 Å². The van der Waals surface area contributed by atoms with Crippen molar-refractivity contribution in [2.24, 2.45) is 0 Å². The summed E-state index contributed by atoms with van der Waals surface area (Å²) in [5.74, 6) is -0.257. The smallest absolute Gasteiger partial charge is 0.177 e. The molecule has 0 amide bonds. The summed E-state index contributed by atoms with van der Waals surface area (Å²) in [5, 5.41) is 1.08. The van der Waals surface area contributed by atoms with Crippen LogP contribution in [0.5, 0.6) is 0 Å². The van der Waals surface area contributed by atoms with Crippen LogP contribution in [0.4, 0.5) is 4.39 Å². The van der Waals surface area contributed by atoms with Crippen LogP contribution in [-0.4, -0.2) is 5.78 Å². The van der Waals surface area contributed by atoms with Crippen molar-refractivity contribution in [1.29, 1.82) is 0 Å². The molecule has 0 bridgehead atoms. The van der Waals surface area contributed by atoms with Crippen molar-refractivity contribution in [1.82, 2.24) is 0 Å². The predicted octanol–water partition coefficient (Wildman–Crippen LogP) is 5.23. The van der Waals surface area contributed by atoms with Gasteiger partial charge in [-0.2, -0.15) is 0 Å². The van der Waals surface area contributed by atoms with Crippen molar-refractivity contribution >= 4 is 43.1 Å². The lowest BCUT2D eigenvalue weighted by atomic mass is 10.1. The second kappa shape index (κ2) is 5.46. The van der Waals surface area contributed by atoms with Crippen LogP contribution in [0.25, 0.3) is 10.1 Å². The van der Waals surface area contributed by atoms with Gasteiger partial charge in [0.15, 0.2) is 5.78 Å². The number of Topliss-reactive ketones (excluding diaryl/α,β-unsaturated/α-hetero) is 1. The summed E-state index contributed by atoms with van der Waals surface area (Å²) in [7, 11) is 0. The number of fused-ring (bicyclic) bond motifs is 1. The average molecular weight is 349 g/mol. The molecule has 0 radical (unpaired) electrons. The fourth-order valence-corrected chi connectivity index (χ4v) is 3.47. The third-order valence-electron chi connectivity index (χ3n) is 3.05. The molecule has 20 heavy (non-hydrogen) atoms. The lowest BCUT2D eigenvalue weighted by Crippen LogP contribution is -2.01. The lowest BCUT2D eigenvalue weighted by molar-refractivity contribution is 0.0997. The number of carbonyl (C=O) groups excluding carboxylic acids is 1. The Labute approximate surface area is 128 Å². The van der Waals surface area contributed by atoms with Gasteiger partial charge in [0.2, 0.25) is 0 Å². The molecule has 3 aromatic rings. The van der Waals surface area contributed by atoms with Crippen molar-refractivity contribution in [3.05, 3.63) is 69.3 Å². The Morgan fingerprint density at radius 2 is 1.95 bits per heavy atom. The molecule has 0 fully saturated rings. The van der Waals surface area contributed by atoms with Gasteiger partial charge >= 0.3 is 0 Å². The second-order valence-electron chi connectivity index (χ2n) is 4.50. The van der Waals surface area contributed by atoms with E-state index >= 15 is 0 Å². The van der Waals surface area contributed by atoms with Crippen LogP contribution in [0.3, 0.4) is 0 Å². The Hall–Kier alpha value is -1.52. The zero-order valence-corrected chi connectivity index (χ0v) is 12.8. The maximum atomic E-state index is 13.2. The second-order valence-corrected chi connectivity index (χ2v) is 6.44. The van der Waals surface area contributed by atoms with E-state index in [1.807, 2.05) is 30.3 Å². The van der Waals surface area contributed by atoms with Crippen LogP contribution >= 0.6 is 27.3 Å². The molecule has 2 aromatic carbocycles. The number of rotatable bonds is 3. The van der Waals surface area contributed by atoms with Gasteiger partial charge in [-0.15, -0.1) is 11.3 Å². The van der Waals surface area contributed by atoms with E-state index in [0.717, 1.165) is 20.5 Å². The Bertz CT molecular complexity index is 761. The van der Waals surface area contributed by atoms with E-state index in [1.165, 1.54) is 17.4 Å². The number of benzene rings is 2. The van der Waals surface area contributed by atoms with Gasteiger partial charge in [-0.25, -0.2) is 4.39 Å². The lowest BCUT2D eigenvalue weighted by Gasteiger charge is -2.01. The molecule has 0 unspecified atom stereocenters. The molecule has 0 saturated heterocycles. The van der Waals surface area contributed by atoms with Gasteiger partial charge in [-0.1, -0.05) is 24.3 Å². The molecule has 0 spiro atoms. The highest BCUT2D eigenvalue weighted by atomic mass is 79.9. The molecule has 0 aliphatic carbocycles. The SMILES string of the molecule is O=C(Cc1ccc(F)c(Br)c1)c1cc2ccccc2s1. The van der Waals surface area contributed by atoms with Gasteiger partial charge in [0.05, 0.1) is 9.35 Å². The Balaban J connectivity index is 1.86. The van der Waals surface area contributed by atoms with Gasteiger partial charge in [0.25, 0.3) is 0 Å². The van der Waals surface area contributed by atoms with E-state index in [-0.39, 0.29) is 18.0 Å². The number of thiophene rings is 1. The number of ketones is 1. The molecule has 0 saturated carbocycles. The predicted molar refractivity (Wildman–Crippen MR) is 84.0 cm³/mol. The highest BCUT2D eigenvalue weighted by Crippen LogP contribution is 2.26. The molecule has 4 heteroatoms. The standard InChI is InChI=1S/C16H10BrFOS/c17-12-7-10(5-6-13(12)18)8-14(19)16-9-11-3-1-2-4-15(11)20-16/h1-7,9H,8H2. The first-order valence-corrected chi connectivity index (χ1v) is 7.70. The summed E-state index contributed by atoms with van der Waals surface area (Å²) in [4.78, 5) is 13.0. The first-order chi connectivity index (χ1) is 9.63. The largest absolute Gasteiger partial charge is 0.293 e. The highest BCUT2D eigenvalue weighted by Gasteiger charge is 2.12. The summed E-state index contributed by atoms with van der Waals surface area (Å²) in [6.45, 7) is 0. The monoisotopic (exact) mass is 348 g/mol. The van der Waals surface area contributed by atoms with Crippen molar-refractivity contribution in [2.75, 3.05) is 0 Å². The van der Waals surface area contributed by atoms with Crippen molar-refractivity contribution in [2.45, 2.75) is 6.42 Å². The topological polar surface area (TPSA) is 17.1 Å². The fraction of sp³-hybridized carbons (Fsp3) is 0.0625. The molecular formula is C16H10BrFOS. The quantitative estimate of drug-likeness (QED) is 0.592. The van der Waals surface area contributed by atoms with E-state index in [2.05, 4.69) is 15.9 Å². The number of carbonyl (C=O) groups is 1. The van der Waals surface area contributed by atoms with E-state index < -0.39 is 0 Å². The summed E-state index contributed by atoms with van der Waals surface area (Å²) < 4.78 is 14.7. The third kappa shape index (κ3) is 2.67. The minimum atomic E-state index is -0.317. The van der Waals surface area contributed by atoms with Crippen LogP contribution in [0.2, 0.25) is 0 Å². The average Bonchev–Trinajstić information content (AvgIpc) is 2.87. The molecular weight excluding hydrogens is 339 g/mol. The maximum Gasteiger partial charge on any atom is 0.177 e. The number of hydrogen-bond acceptors (Lipinski definition) is 2. The zero-order valence-electron chi connectivity index (χ0n) is 10.4. The molecule has 1 heterocycles. The van der Waals surface area contributed by atoms with Crippen LogP contribution in [-0.2, 0) is 6.42 Å². The molecule has 100 valence electrons. The van der Waals surface area contributed by atoms with Crippen molar-refractivity contribution in [3.8, 4) is 0 Å². The van der Waals surface area contributed by atoms with Gasteiger partial charge in [-0.05, 0) is 51.1 Å². The molecule has 1 aromatic heterocycles. The first kappa shape index (κ1) is 13.5. The Kier molecular flexibility index (Phi) is 3.68. The van der Waals surface area contributed by atoms with Gasteiger partial charge in [-0.3, -0.25) is 4.79 Å².